The average molecular weight is 575 g/mol. The van der Waals surface area contributed by atoms with Crippen LogP contribution in [0.4, 0.5) is 5.82 Å². The lowest BCUT2D eigenvalue weighted by Gasteiger charge is -2.31. The van der Waals surface area contributed by atoms with Gasteiger partial charge in [0.25, 0.3) is 0 Å². The number of carbonyl (C=O) groups excluding carboxylic acids is 3. The first-order valence-corrected chi connectivity index (χ1v) is 14.7. The van der Waals surface area contributed by atoms with Crippen molar-refractivity contribution in [3.05, 3.63) is 64.6 Å². The molecule has 2 N–H and O–H groups in total. The van der Waals surface area contributed by atoms with Gasteiger partial charge in [0.15, 0.2) is 0 Å². The molecule has 0 aliphatic carbocycles. The van der Waals surface area contributed by atoms with E-state index in [1.165, 1.54) is 0 Å². The summed E-state index contributed by atoms with van der Waals surface area (Å²) in [4.78, 5) is 43.7. The van der Waals surface area contributed by atoms with Crippen LogP contribution in [-0.4, -0.2) is 50.5 Å². The fourth-order valence-corrected chi connectivity index (χ4v) is 6.55. The number of halogens is 1. The minimum Gasteiger partial charge on any atom is -0.310 e. The second-order valence-corrected chi connectivity index (χ2v) is 12.7. The Hall–Kier alpha value is -3.56. The predicted molar refractivity (Wildman–Crippen MR) is 156 cm³/mol. The number of fused-ring (bicyclic) bond motifs is 1. The van der Waals surface area contributed by atoms with Gasteiger partial charge in [-0.15, -0.1) is 0 Å². The van der Waals surface area contributed by atoms with Crippen molar-refractivity contribution in [2.75, 3.05) is 18.4 Å². The van der Waals surface area contributed by atoms with Crippen LogP contribution in [0.2, 0.25) is 5.02 Å². The maximum absolute atomic E-state index is 13.2. The molecular formula is C31H35ClN6O3. The zero-order valence-electron chi connectivity index (χ0n) is 23.5. The number of nitrogens with zero attached hydrogens (tertiary/aromatic N) is 4. The highest BCUT2D eigenvalue weighted by molar-refractivity contribution is 6.33. The Kier molecular flexibility index (Phi) is 7.42. The Morgan fingerprint density at radius 3 is 2.71 bits per heavy atom. The van der Waals surface area contributed by atoms with Crippen LogP contribution >= 0.6 is 11.6 Å². The van der Waals surface area contributed by atoms with E-state index in [2.05, 4.69) is 51.6 Å². The van der Waals surface area contributed by atoms with Gasteiger partial charge in [-0.25, -0.2) is 4.98 Å². The van der Waals surface area contributed by atoms with Gasteiger partial charge in [-0.3, -0.25) is 29.3 Å². The van der Waals surface area contributed by atoms with Crippen LogP contribution in [0.25, 0.3) is 11.1 Å². The van der Waals surface area contributed by atoms with Crippen LogP contribution in [0.5, 0.6) is 0 Å². The Labute approximate surface area is 244 Å². The van der Waals surface area contributed by atoms with E-state index in [9.17, 15) is 14.4 Å². The first kappa shape index (κ1) is 27.6. The number of aromatic nitrogens is 3. The highest BCUT2D eigenvalue weighted by Crippen LogP contribution is 2.39. The van der Waals surface area contributed by atoms with E-state index in [1.807, 2.05) is 29.1 Å². The molecule has 2 aromatic heterocycles. The van der Waals surface area contributed by atoms with Crippen LogP contribution in [0.1, 0.15) is 62.3 Å². The molecule has 3 aromatic rings. The third-order valence-corrected chi connectivity index (χ3v) is 8.83. The van der Waals surface area contributed by atoms with Crippen molar-refractivity contribution in [1.29, 1.82) is 0 Å². The fourth-order valence-electron chi connectivity index (χ4n) is 6.35. The molecule has 0 spiro atoms. The van der Waals surface area contributed by atoms with Gasteiger partial charge in [-0.1, -0.05) is 49.7 Å². The number of hydrogen-bond acceptors (Lipinski definition) is 6. The Morgan fingerprint density at radius 1 is 1.12 bits per heavy atom. The standard InChI is InChI=1S/C31H35ClN6O3/c1-31(2)14-26-24(15-34-38(26)18-31)23-13-27(33-16-25(23)32)35-29(40)20-8-10-37(11-9-20)17-19-4-3-5-21(12-19)22-6-7-28(39)36-30(22)41/h3-5,12-13,15-16,20,22H,6-11,14,17-18H2,1-2H3,(H,33,35,40)(H,36,39,41). The lowest BCUT2D eigenvalue weighted by atomic mass is 9.89. The van der Waals surface area contributed by atoms with Crippen molar-refractivity contribution in [2.24, 2.45) is 11.3 Å². The second-order valence-electron chi connectivity index (χ2n) is 12.3. The van der Waals surface area contributed by atoms with Gasteiger partial charge in [0.1, 0.15) is 5.82 Å². The monoisotopic (exact) mass is 574 g/mol. The highest BCUT2D eigenvalue weighted by atomic mass is 35.5. The molecule has 41 heavy (non-hydrogen) atoms. The van der Waals surface area contributed by atoms with Crippen molar-refractivity contribution in [3.8, 4) is 11.1 Å². The number of hydrogen-bond donors (Lipinski definition) is 2. The molecule has 3 aliphatic heterocycles. The second kappa shape index (κ2) is 11.0. The lowest BCUT2D eigenvalue weighted by Crippen LogP contribution is -2.39. The molecular weight excluding hydrogens is 540 g/mol. The molecule has 0 saturated carbocycles. The molecule has 2 fully saturated rings. The molecule has 1 unspecified atom stereocenters. The molecule has 9 nitrogen and oxygen atoms in total. The molecule has 1 atom stereocenters. The molecule has 1 aromatic carbocycles. The zero-order chi connectivity index (χ0) is 28.7. The van der Waals surface area contributed by atoms with Crippen LogP contribution in [0.15, 0.2) is 42.7 Å². The number of pyridine rings is 1. The largest absolute Gasteiger partial charge is 0.310 e. The number of amides is 3. The van der Waals surface area contributed by atoms with E-state index in [4.69, 9.17) is 11.6 Å². The summed E-state index contributed by atoms with van der Waals surface area (Å²) < 4.78 is 2.04. The lowest BCUT2D eigenvalue weighted by molar-refractivity contribution is -0.134. The van der Waals surface area contributed by atoms with Crippen molar-refractivity contribution in [1.82, 2.24) is 25.0 Å². The van der Waals surface area contributed by atoms with Crippen molar-refractivity contribution < 1.29 is 14.4 Å². The van der Waals surface area contributed by atoms with Crippen LogP contribution in [-0.2, 0) is 33.9 Å². The van der Waals surface area contributed by atoms with E-state index >= 15 is 0 Å². The molecule has 0 bridgehead atoms. The van der Waals surface area contributed by atoms with Gasteiger partial charge in [0.05, 0.1) is 17.1 Å². The van der Waals surface area contributed by atoms with E-state index in [0.29, 0.717) is 23.7 Å². The van der Waals surface area contributed by atoms with Gasteiger partial charge in [0.2, 0.25) is 17.7 Å². The summed E-state index contributed by atoms with van der Waals surface area (Å²) in [6.45, 7) is 7.70. The number of imide groups is 1. The first-order valence-electron chi connectivity index (χ1n) is 14.3. The van der Waals surface area contributed by atoms with E-state index in [-0.39, 0.29) is 35.0 Å². The zero-order valence-corrected chi connectivity index (χ0v) is 24.2. The first-order chi connectivity index (χ1) is 19.6. The summed E-state index contributed by atoms with van der Waals surface area (Å²) in [6.07, 6.45) is 6.79. The number of benzene rings is 1. The molecule has 3 amide bonds. The smallest absolute Gasteiger partial charge is 0.234 e. The van der Waals surface area contributed by atoms with Crippen LogP contribution in [0, 0.1) is 11.3 Å². The van der Waals surface area contributed by atoms with Crippen molar-refractivity contribution in [2.45, 2.75) is 65.0 Å². The van der Waals surface area contributed by atoms with Gasteiger partial charge >= 0.3 is 0 Å². The minimum atomic E-state index is -0.286. The maximum atomic E-state index is 13.2. The topological polar surface area (TPSA) is 109 Å². The summed E-state index contributed by atoms with van der Waals surface area (Å²) in [5.41, 5.74) is 5.22. The van der Waals surface area contributed by atoms with E-state index in [1.54, 1.807) is 6.20 Å². The van der Waals surface area contributed by atoms with Gasteiger partial charge in [0, 0.05) is 48.4 Å². The van der Waals surface area contributed by atoms with Gasteiger partial charge in [-0.05, 0) is 61.4 Å². The molecule has 5 heterocycles. The number of piperidine rings is 2. The average Bonchev–Trinajstić information content (AvgIpc) is 3.45. The molecule has 214 valence electrons. The summed E-state index contributed by atoms with van der Waals surface area (Å²) >= 11 is 6.54. The third kappa shape index (κ3) is 5.92. The number of nitrogens with one attached hydrogen (secondary N) is 2. The Morgan fingerprint density at radius 2 is 1.93 bits per heavy atom. The SMILES string of the molecule is CC1(C)Cc2c(-c3cc(NC(=O)C4CCN(Cc5cccc(C6CCC(=O)NC6=O)c5)CC4)ncc3Cl)cnn2C1. The number of likely N-dealkylation sites (tertiary alicyclic amines) is 1. The molecule has 10 heteroatoms. The normalized spacial score (nSPS) is 21.0. The van der Waals surface area contributed by atoms with E-state index in [0.717, 1.165) is 73.4 Å². The Bertz CT molecular complexity index is 1510. The molecule has 0 radical (unpaired) electrons. The van der Waals surface area contributed by atoms with Crippen LogP contribution < -0.4 is 10.6 Å². The summed E-state index contributed by atoms with van der Waals surface area (Å²) in [7, 11) is 0. The number of carbonyl (C=O) groups is 3. The van der Waals surface area contributed by atoms with E-state index < -0.39 is 0 Å². The molecule has 6 rings (SSSR count). The highest BCUT2D eigenvalue weighted by Gasteiger charge is 2.33. The summed E-state index contributed by atoms with van der Waals surface area (Å²) in [5, 5.41) is 10.6. The quantitative estimate of drug-likeness (QED) is 0.418. The summed E-state index contributed by atoms with van der Waals surface area (Å²) in [6, 6.07) is 9.92. The maximum Gasteiger partial charge on any atom is 0.234 e. The predicted octanol–water partition coefficient (Wildman–Crippen LogP) is 4.55. The number of anilines is 1. The third-order valence-electron chi connectivity index (χ3n) is 8.53. The minimum absolute atomic E-state index is 0.0216. The van der Waals surface area contributed by atoms with Gasteiger partial charge < -0.3 is 5.32 Å². The van der Waals surface area contributed by atoms with Gasteiger partial charge in [-0.2, -0.15) is 5.10 Å². The van der Waals surface area contributed by atoms with Crippen molar-refractivity contribution in [3.63, 3.8) is 0 Å². The Balaban J connectivity index is 1.05. The van der Waals surface area contributed by atoms with Crippen molar-refractivity contribution >= 4 is 35.1 Å². The number of rotatable bonds is 6. The van der Waals surface area contributed by atoms with Crippen LogP contribution in [0.3, 0.4) is 0 Å². The molecule has 2 saturated heterocycles. The summed E-state index contributed by atoms with van der Waals surface area (Å²) in [5.74, 6) is -0.321. The molecule has 3 aliphatic rings. The fraction of sp³-hybridized carbons (Fsp3) is 0.452.